The fourth-order valence-electron chi connectivity index (χ4n) is 0.589. The number of hydrogen-bond acceptors (Lipinski definition) is 3. The van der Waals surface area contributed by atoms with Crippen LogP contribution in [-0.4, -0.2) is 0 Å². The highest BCUT2D eigenvalue weighted by Gasteiger charge is 1.90. The molecule has 0 saturated heterocycles. The second-order valence-corrected chi connectivity index (χ2v) is 1.67. The van der Waals surface area contributed by atoms with Gasteiger partial charge in [0.15, 0.2) is 0 Å². The molecule has 1 rings (SSSR count). The van der Waals surface area contributed by atoms with E-state index in [9.17, 15) is 0 Å². The third-order valence-electron chi connectivity index (χ3n) is 1.06. The highest BCUT2D eigenvalue weighted by Crippen LogP contribution is 2.19. The molecule has 0 aliphatic rings. The molecular formula is C8H13N3. The molecule has 11 heavy (non-hydrogen) atoms. The lowest BCUT2D eigenvalue weighted by Crippen LogP contribution is -1.82. The van der Waals surface area contributed by atoms with Gasteiger partial charge in [-0.1, -0.05) is 26.0 Å². The lowest BCUT2D eigenvalue weighted by Gasteiger charge is -1.93. The van der Waals surface area contributed by atoms with E-state index in [4.69, 9.17) is 11.3 Å². The zero-order valence-electron chi connectivity index (χ0n) is 6.83. The Morgan fingerprint density at radius 2 is 1.82 bits per heavy atom. The molecule has 3 heteroatoms. The minimum absolute atomic E-state index is 0.525. The minimum Gasteiger partial charge on any atom is -0.397 e. The van der Waals surface area contributed by atoms with E-state index in [0.29, 0.717) is 11.4 Å². The number of rotatable bonds is 1. The van der Waals surface area contributed by atoms with Crippen LogP contribution in [0.15, 0.2) is 29.4 Å². The summed E-state index contributed by atoms with van der Waals surface area (Å²) < 4.78 is 0. The summed E-state index contributed by atoms with van der Waals surface area (Å²) in [6.07, 6.45) is 0. The number of para-hydroxylation sites is 2. The Kier molecular flexibility index (Phi) is 4.73. The summed E-state index contributed by atoms with van der Waals surface area (Å²) in [5, 5.41) is 3.20. The molecule has 0 radical (unpaired) electrons. The molecule has 0 atom stereocenters. The molecular weight excluding hydrogens is 138 g/mol. The number of anilines is 1. The highest BCUT2D eigenvalue weighted by molar-refractivity contribution is 5.60. The largest absolute Gasteiger partial charge is 0.397 e. The van der Waals surface area contributed by atoms with E-state index in [1.54, 1.807) is 18.2 Å². The first kappa shape index (κ1) is 9.62. The Labute approximate surface area is 66.7 Å². The smallest absolute Gasteiger partial charge is 0.108 e. The zero-order chi connectivity index (χ0) is 8.69. The van der Waals surface area contributed by atoms with E-state index in [1.165, 1.54) is 0 Å². The van der Waals surface area contributed by atoms with Gasteiger partial charge in [0.1, 0.15) is 5.69 Å². The maximum absolute atomic E-state index is 6.63. The Hall–Kier alpha value is -1.38. The average Bonchev–Trinajstić information content (AvgIpc) is 2.09. The summed E-state index contributed by atoms with van der Waals surface area (Å²) >= 11 is 0. The first-order valence-corrected chi connectivity index (χ1v) is 3.56. The van der Waals surface area contributed by atoms with Crippen molar-refractivity contribution in [3.8, 4) is 0 Å². The number of nitrogens with two attached hydrogens (primary N) is 1. The van der Waals surface area contributed by atoms with Crippen molar-refractivity contribution in [3.63, 3.8) is 0 Å². The predicted octanol–water partition coefficient (Wildman–Crippen LogP) is 2.96. The number of nitrogen functional groups attached to an aromatic ring is 1. The molecule has 0 aliphatic heterocycles. The van der Waals surface area contributed by atoms with Crippen LogP contribution >= 0.6 is 0 Å². The van der Waals surface area contributed by atoms with Crippen LogP contribution in [0.2, 0.25) is 0 Å². The summed E-state index contributed by atoms with van der Waals surface area (Å²) in [5.41, 5.74) is 13.1. The second kappa shape index (κ2) is 5.41. The average molecular weight is 151 g/mol. The Morgan fingerprint density at radius 3 is 2.18 bits per heavy atom. The molecule has 1 aromatic rings. The Bertz CT molecular complexity index is 220. The van der Waals surface area contributed by atoms with E-state index in [1.807, 2.05) is 19.9 Å². The topological polar surface area (TPSA) is 62.2 Å². The molecule has 0 bridgehead atoms. The van der Waals surface area contributed by atoms with Crippen LogP contribution in [0.5, 0.6) is 0 Å². The van der Waals surface area contributed by atoms with Crippen molar-refractivity contribution in [2.24, 2.45) is 5.11 Å². The van der Waals surface area contributed by atoms with Crippen LogP contribution in [0.4, 0.5) is 11.4 Å². The van der Waals surface area contributed by atoms with Crippen molar-refractivity contribution in [3.05, 3.63) is 24.3 Å². The van der Waals surface area contributed by atoms with Crippen LogP contribution in [0.3, 0.4) is 0 Å². The molecule has 0 aromatic heterocycles. The van der Waals surface area contributed by atoms with Crippen LogP contribution in [0.1, 0.15) is 13.8 Å². The monoisotopic (exact) mass is 151 g/mol. The van der Waals surface area contributed by atoms with Crippen LogP contribution in [0, 0.1) is 5.53 Å². The Balaban J connectivity index is 0.000000461. The van der Waals surface area contributed by atoms with Gasteiger partial charge in [0, 0.05) is 0 Å². The number of hydrogen-bond donors (Lipinski definition) is 2. The lowest BCUT2D eigenvalue weighted by molar-refractivity contribution is 1.15. The molecule has 0 spiro atoms. The molecule has 3 nitrogen and oxygen atoms in total. The lowest BCUT2D eigenvalue weighted by atomic mass is 10.3. The van der Waals surface area contributed by atoms with Gasteiger partial charge in [0.2, 0.25) is 0 Å². The fraction of sp³-hybridized carbons (Fsp3) is 0.250. The van der Waals surface area contributed by atoms with Crippen molar-refractivity contribution in [1.82, 2.24) is 0 Å². The standard InChI is InChI=1S/C6H7N3.C2H6/c7-5-3-1-2-4-6(5)9-8;1-2/h1-4,8H,7H2;1-2H3. The van der Waals surface area contributed by atoms with Crippen molar-refractivity contribution in [1.29, 1.82) is 5.53 Å². The van der Waals surface area contributed by atoms with E-state index < -0.39 is 0 Å². The van der Waals surface area contributed by atoms with Gasteiger partial charge in [-0.25, -0.2) is 5.53 Å². The van der Waals surface area contributed by atoms with Gasteiger partial charge < -0.3 is 5.73 Å². The van der Waals surface area contributed by atoms with Crippen molar-refractivity contribution >= 4 is 11.4 Å². The van der Waals surface area contributed by atoms with Gasteiger partial charge in [-0.3, -0.25) is 0 Å². The summed E-state index contributed by atoms with van der Waals surface area (Å²) in [7, 11) is 0. The molecule has 0 fully saturated rings. The normalized spacial score (nSPS) is 7.82. The van der Waals surface area contributed by atoms with Gasteiger partial charge in [-0.2, -0.15) is 5.11 Å². The summed E-state index contributed by atoms with van der Waals surface area (Å²) in [6, 6.07) is 7.02. The van der Waals surface area contributed by atoms with Crippen molar-refractivity contribution in [2.45, 2.75) is 13.8 Å². The maximum atomic E-state index is 6.63. The minimum atomic E-state index is 0.525. The summed E-state index contributed by atoms with van der Waals surface area (Å²) in [5.74, 6) is 0. The number of benzene rings is 1. The van der Waals surface area contributed by atoms with Gasteiger partial charge in [-0.05, 0) is 12.1 Å². The zero-order valence-corrected chi connectivity index (χ0v) is 6.83. The predicted molar refractivity (Wildman–Crippen MR) is 47.0 cm³/mol. The molecule has 0 aliphatic carbocycles. The van der Waals surface area contributed by atoms with Gasteiger partial charge in [0.25, 0.3) is 0 Å². The molecule has 60 valence electrons. The molecule has 0 amide bonds. The maximum Gasteiger partial charge on any atom is 0.108 e. The van der Waals surface area contributed by atoms with Crippen LogP contribution in [0.25, 0.3) is 0 Å². The first-order chi connectivity index (χ1) is 5.34. The molecule has 0 heterocycles. The summed E-state index contributed by atoms with van der Waals surface area (Å²) in [6.45, 7) is 4.00. The van der Waals surface area contributed by atoms with Gasteiger partial charge in [0.05, 0.1) is 5.69 Å². The van der Waals surface area contributed by atoms with Crippen molar-refractivity contribution < 1.29 is 0 Å². The number of nitrogens with zero attached hydrogens (tertiary/aromatic N) is 1. The van der Waals surface area contributed by atoms with Gasteiger partial charge in [-0.15, -0.1) is 0 Å². The Morgan fingerprint density at radius 1 is 1.27 bits per heavy atom. The van der Waals surface area contributed by atoms with E-state index in [2.05, 4.69) is 5.11 Å². The molecule has 0 unspecified atom stereocenters. The van der Waals surface area contributed by atoms with Crippen molar-refractivity contribution in [2.75, 3.05) is 5.73 Å². The first-order valence-electron chi connectivity index (χ1n) is 3.56. The van der Waals surface area contributed by atoms with E-state index in [0.717, 1.165) is 0 Å². The quantitative estimate of drug-likeness (QED) is 0.470. The highest BCUT2D eigenvalue weighted by atomic mass is 15.0. The molecule has 3 N–H and O–H groups in total. The molecule has 1 aromatic carbocycles. The van der Waals surface area contributed by atoms with Crippen LogP contribution < -0.4 is 5.73 Å². The SMILES string of the molecule is CC.N=Nc1ccccc1N. The second-order valence-electron chi connectivity index (χ2n) is 1.67. The number of nitrogens with one attached hydrogen (secondary N) is 1. The van der Waals surface area contributed by atoms with E-state index >= 15 is 0 Å². The van der Waals surface area contributed by atoms with Gasteiger partial charge >= 0.3 is 0 Å². The van der Waals surface area contributed by atoms with E-state index in [-0.39, 0.29) is 0 Å². The van der Waals surface area contributed by atoms with Crippen LogP contribution in [-0.2, 0) is 0 Å². The third kappa shape index (κ3) is 2.80. The molecule has 0 saturated carbocycles. The summed E-state index contributed by atoms with van der Waals surface area (Å²) in [4.78, 5) is 0. The fourth-order valence-corrected chi connectivity index (χ4v) is 0.589. The third-order valence-corrected chi connectivity index (χ3v) is 1.06.